The van der Waals surface area contributed by atoms with Crippen LogP contribution in [0.25, 0.3) is 0 Å². The van der Waals surface area contributed by atoms with Crippen LogP contribution in [0.1, 0.15) is 33.1 Å². The zero-order chi connectivity index (χ0) is 22.6. The number of anilines is 1. The van der Waals surface area contributed by atoms with Gasteiger partial charge in [0.1, 0.15) is 5.71 Å². The van der Waals surface area contributed by atoms with E-state index in [1.54, 1.807) is 30.3 Å². The van der Waals surface area contributed by atoms with E-state index in [2.05, 4.69) is 5.10 Å². The van der Waals surface area contributed by atoms with Gasteiger partial charge < -0.3 is 9.64 Å². The Labute approximate surface area is 182 Å². The summed E-state index contributed by atoms with van der Waals surface area (Å²) < 4.78 is 28.8. The number of rotatable bonds is 7. The maximum atomic E-state index is 12.8. The fourth-order valence-corrected chi connectivity index (χ4v) is 5.36. The number of hydrazone groups is 1. The van der Waals surface area contributed by atoms with Gasteiger partial charge in [-0.05, 0) is 24.5 Å². The third-order valence-corrected chi connectivity index (χ3v) is 6.88. The molecule has 2 aliphatic heterocycles. The molecule has 168 valence electrons. The second-order valence-electron chi connectivity index (χ2n) is 8.16. The highest BCUT2D eigenvalue weighted by molar-refractivity contribution is 7.91. The van der Waals surface area contributed by atoms with Gasteiger partial charge in [-0.3, -0.25) is 9.59 Å². The van der Waals surface area contributed by atoms with Gasteiger partial charge in [0.2, 0.25) is 5.91 Å². The van der Waals surface area contributed by atoms with Crippen molar-refractivity contribution in [3.63, 3.8) is 0 Å². The quantitative estimate of drug-likeness (QED) is 0.581. The summed E-state index contributed by atoms with van der Waals surface area (Å²) in [7, 11) is -3.15. The standard InChI is InChI=1S/C21H27N3O6S/c1-15(2)12-23(17-10-11-31(28,29)14-17)20(26)13-30-21(27)18-8-9-19(25)24(22-18)16-6-4-3-5-7-16/h3-7,15,17H,8-14H2,1-2H3. The molecule has 31 heavy (non-hydrogen) atoms. The van der Waals surface area contributed by atoms with E-state index in [0.717, 1.165) is 5.01 Å². The zero-order valence-electron chi connectivity index (χ0n) is 17.7. The summed E-state index contributed by atoms with van der Waals surface area (Å²) >= 11 is 0. The number of nitrogens with zero attached hydrogens (tertiary/aromatic N) is 3. The van der Waals surface area contributed by atoms with E-state index < -0.39 is 34.4 Å². The van der Waals surface area contributed by atoms with Gasteiger partial charge in [0, 0.05) is 25.4 Å². The van der Waals surface area contributed by atoms with Crippen LogP contribution in [0.5, 0.6) is 0 Å². The van der Waals surface area contributed by atoms with E-state index in [1.165, 1.54) is 4.90 Å². The lowest BCUT2D eigenvalue weighted by atomic mass is 10.1. The van der Waals surface area contributed by atoms with Crippen LogP contribution < -0.4 is 5.01 Å². The minimum absolute atomic E-state index is 0.0550. The van der Waals surface area contributed by atoms with Crippen molar-refractivity contribution >= 4 is 39.0 Å². The summed E-state index contributed by atoms with van der Waals surface area (Å²) in [5, 5.41) is 5.29. The van der Waals surface area contributed by atoms with E-state index in [1.807, 2.05) is 13.8 Å². The Morgan fingerprint density at radius 3 is 2.55 bits per heavy atom. The highest BCUT2D eigenvalue weighted by atomic mass is 32.2. The number of benzene rings is 1. The zero-order valence-corrected chi connectivity index (χ0v) is 18.5. The summed E-state index contributed by atoms with van der Waals surface area (Å²) in [6, 6.07) is 8.33. The van der Waals surface area contributed by atoms with Crippen molar-refractivity contribution < 1.29 is 27.5 Å². The molecule has 1 saturated heterocycles. The number of carbonyl (C=O) groups is 3. The number of para-hydroxylation sites is 1. The largest absolute Gasteiger partial charge is 0.451 e. The second-order valence-corrected chi connectivity index (χ2v) is 10.4. The van der Waals surface area contributed by atoms with Crippen LogP contribution in [0.3, 0.4) is 0 Å². The summed E-state index contributed by atoms with van der Waals surface area (Å²) in [6.07, 6.45) is 0.623. The van der Waals surface area contributed by atoms with Gasteiger partial charge in [-0.15, -0.1) is 0 Å². The summed E-state index contributed by atoms with van der Waals surface area (Å²) in [5.74, 6) is -1.30. The van der Waals surface area contributed by atoms with Crippen molar-refractivity contribution in [2.24, 2.45) is 11.0 Å². The Morgan fingerprint density at radius 2 is 1.94 bits per heavy atom. The highest BCUT2D eigenvalue weighted by Crippen LogP contribution is 2.21. The van der Waals surface area contributed by atoms with Gasteiger partial charge in [-0.1, -0.05) is 32.0 Å². The smallest absolute Gasteiger partial charge is 0.355 e. The van der Waals surface area contributed by atoms with Crippen molar-refractivity contribution in [3.05, 3.63) is 30.3 Å². The molecular formula is C21H27N3O6S. The van der Waals surface area contributed by atoms with Crippen LogP contribution in [0.15, 0.2) is 35.4 Å². The summed E-state index contributed by atoms with van der Waals surface area (Å²) in [4.78, 5) is 38.9. The molecule has 2 heterocycles. The highest BCUT2D eigenvalue weighted by Gasteiger charge is 2.35. The molecular weight excluding hydrogens is 422 g/mol. The maximum Gasteiger partial charge on any atom is 0.355 e. The fourth-order valence-electron chi connectivity index (χ4n) is 3.63. The Balaban J connectivity index is 1.65. The third kappa shape index (κ3) is 5.90. The van der Waals surface area contributed by atoms with Crippen LogP contribution in [0, 0.1) is 5.92 Å². The molecule has 0 aliphatic carbocycles. The molecule has 0 saturated carbocycles. The molecule has 0 bridgehead atoms. The first-order chi connectivity index (χ1) is 14.7. The van der Waals surface area contributed by atoms with Crippen molar-refractivity contribution in [3.8, 4) is 0 Å². The van der Waals surface area contributed by atoms with Gasteiger partial charge in [0.05, 0.1) is 17.2 Å². The molecule has 0 N–H and O–H groups in total. The van der Waals surface area contributed by atoms with Gasteiger partial charge >= 0.3 is 5.97 Å². The minimum Gasteiger partial charge on any atom is -0.451 e. The summed E-state index contributed by atoms with van der Waals surface area (Å²) in [5.41, 5.74) is 0.606. The first-order valence-corrected chi connectivity index (χ1v) is 12.1. The lowest BCUT2D eigenvalue weighted by Gasteiger charge is -2.30. The molecule has 1 atom stereocenters. The van der Waals surface area contributed by atoms with Gasteiger partial charge in [-0.2, -0.15) is 5.10 Å². The van der Waals surface area contributed by atoms with Crippen LogP contribution >= 0.6 is 0 Å². The average molecular weight is 450 g/mol. The molecule has 3 rings (SSSR count). The first kappa shape index (κ1) is 22.9. The minimum atomic E-state index is -3.15. The predicted octanol–water partition coefficient (Wildman–Crippen LogP) is 1.38. The van der Waals surface area contributed by atoms with E-state index in [4.69, 9.17) is 4.74 Å². The van der Waals surface area contributed by atoms with Crippen LogP contribution in [-0.2, 0) is 29.0 Å². The summed E-state index contributed by atoms with van der Waals surface area (Å²) in [6.45, 7) is 3.75. The molecule has 1 aromatic rings. The molecule has 10 heteroatoms. The molecule has 0 radical (unpaired) electrons. The number of ether oxygens (including phenoxy) is 1. The molecule has 1 fully saturated rings. The molecule has 2 amide bonds. The Hall–Kier alpha value is -2.75. The Bertz CT molecular complexity index is 974. The molecule has 9 nitrogen and oxygen atoms in total. The number of sulfone groups is 1. The molecule has 2 aliphatic rings. The van der Waals surface area contributed by atoms with Gasteiger partial charge in [-0.25, -0.2) is 18.2 Å². The second kappa shape index (κ2) is 9.59. The Morgan fingerprint density at radius 1 is 1.23 bits per heavy atom. The monoisotopic (exact) mass is 449 g/mol. The topological polar surface area (TPSA) is 113 Å². The molecule has 1 unspecified atom stereocenters. The first-order valence-electron chi connectivity index (χ1n) is 10.3. The molecule has 1 aromatic carbocycles. The fraction of sp³-hybridized carbons (Fsp3) is 0.524. The molecule has 0 aromatic heterocycles. The Kier molecular flexibility index (Phi) is 7.09. The number of carbonyl (C=O) groups excluding carboxylic acids is 3. The lowest BCUT2D eigenvalue weighted by molar-refractivity contribution is -0.148. The van der Waals surface area contributed by atoms with E-state index in [0.29, 0.717) is 18.7 Å². The van der Waals surface area contributed by atoms with Crippen LogP contribution in [0.2, 0.25) is 0 Å². The normalized spacial score (nSPS) is 20.5. The number of hydrogen-bond donors (Lipinski definition) is 0. The van der Waals surface area contributed by atoms with E-state index in [9.17, 15) is 22.8 Å². The third-order valence-electron chi connectivity index (χ3n) is 5.13. The number of esters is 1. The number of amides is 2. The van der Waals surface area contributed by atoms with Gasteiger partial charge in [0.15, 0.2) is 16.4 Å². The van der Waals surface area contributed by atoms with Crippen molar-refractivity contribution in [2.45, 2.75) is 39.2 Å². The van der Waals surface area contributed by atoms with E-state index in [-0.39, 0.29) is 41.9 Å². The lowest BCUT2D eigenvalue weighted by Crippen LogP contribution is -2.45. The van der Waals surface area contributed by atoms with Crippen molar-refractivity contribution in [2.75, 3.05) is 29.7 Å². The maximum absolute atomic E-state index is 12.8. The average Bonchev–Trinajstić information content (AvgIpc) is 3.10. The van der Waals surface area contributed by atoms with Crippen LogP contribution in [-0.4, -0.2) is 67.5 Å². The van der Waals surface area contributed by atoms with Crippen LogP contribution in [0.4, 0.5) is 5.69 Å². The molecule has 0 spiro atoms. The SMILES string of the molecule is CC(C)CN(C(=O)COC(=O)C1=NN(c2ccccc2)C(=O)CC1)C1CCS(=O)(=O)C1. The van der Waals surface area contributed by atoms with Gasteiger partial charge in [0.25, 0.3) is 5.91 Å². The van der Waals surface area contributed by atoms with Crippen molar-refractivity contribution in [1.29, 1.82) is 0 Å². The van der Waals surface area contributed by atoms with E-state index >= 15 is 0 Å². The predicted molar refractivity (Wildman–Crippen MR) is 115 cm³/mol. The van der Waals surface area contributed by atoms with Crippen molar-refractivity contribution in [1.82, 2.24) is 4.90 Å². The number of hydrogen-bond acceptors (Lipinski definition) is 7.